The zero-order valence-corrected chi connectivity index (χ0v) is 80.7. The number of fused-ring (bicyclic) bond motifs is 16. The number of hydrogen-bond donors (Lipinski definition) is 0. The third kappa shape index (κ3) is 15.9. The molecule has 4 heterocycles. The Morgan fingerprint density at radius 1 is 0.183 bits per heavy atom. The van der Waals surface area contributed by atoms with Gasteiger partial charge in [0, 0.05) is 0 Å². The quantitative estimate of drug-likeness (QED) is 0.0488. The van der Waals surface area contributed by atoms with Crippen molar-refractivity contribution < 1.29 is 5.48 Å². The number of aromatic nitrogens is 4. The molecule has 0 aliphatic carbocycles. The molecule has 0 spiro atoms. The number of benzene rings is 18. The Balaban J connectivity index is 0.000000167. The summed E-state index contributed by atoms with van der Waals surface area (Å²) in [7, 11) is -2.46. The third-order valence-corrected chi connectivity index (χ3v) is 51.8. The van der Waals surface area contributed by atoms with Gasteiger partial charge < -0.3 is 5.48 Å². The van der Waals surface area contributed by atoms with Crippen molar-refractivity contribution in [2.24, 2.45) is 0 Å². The zero-order chi connectivity index (χ0) is 82.4. The minimum atomic E-state index is -2.14. The topological polar surface area (TPSA) is 66.1 Å². The van der Waals surface area contributed by atoms with Gasteiger partial charge in [0.1, 0.15) is 0 Å². The van der Waals surface area contributed by atoms with Crippen LogP contribution in [0.25, 0.3) is 76.7 Å². The van der Waals surface area contributed by atoms with Crippen LogP contribution in [0.1, 0.15) is 0 Å². The number of imidazole rings is 2. The first-order chi connectivity index (χ1) is 60.7. The molecular weight excluding hydrogens is 1880 g/mol. The van der Waals surface area contributed by atoms with Crippen LogP contribution in [0.5, 0.6) is 0 Å². The van der Waals surface area contributed by atoms with E-state index in [-0.39, 0.29) is 32.5 Å². The van der Waals surface area contributed by atoms with E-state index in [1.807, 2.05) is 0 Å². The van der Waals surface area contributed by atoms with Crippen molar-refractivity contribution in [2.75, 3.05) is 0 Å². The molecule has 2 N–H and O–H groups in total. The summed E-state index contributed by atoms with van der Waals surface area (Å²) in [5, 5.41) is 30.8. The van der Waals surface area contributed by atoms with E-state index in [9.17, 15) is 0 Å². The Bertz CT molecular complexity index is 7600. The summed E-state index contributed by atoms with van der Waals surface area (Å²) in [4.78, 5) is 11.2. The predicted octanol–water partition coefficient (Wildman–Crippen LogP) is 18.4. The van der Waals surface area contributed by atoms with Crippen molar-refractivity contribution in [3.05, 3.63) is 473 Å². The van der Waals surface area contributed by atoms with Crippen molar-refractivity contribution in [2.45, 2.75) is 0 Å². The number of hydrogen-bond acceptors (Lipinski definition) is 2. The molecule has 0 fully saturated rings. The van der Waals surface area contributed by atoms with Crippen LogP contribution < -0.4 is 95.5 Å². The molecule has 22 rings (SSSR count). The normalized spacial score (nSPS) is 11.8. The zero-order valence-electron chi connectivity index (χ0n) is 68.2. The van der Waals surface area contributed by atoms with E-state index in [1.165, 1.54) is 123 Å². The van der Waals surface area contributed by atoms with Crippen LogP contribution >= 0.6 is 67.3 Å². The third-order valence-electron chi connectivity index (χ3n) is 23.5. The van der Waals surface area contributed by atoms with Gasteiger partial charge in [-0.2, -0.15) is 27.0 Å². The fourth-order valence-corrected chi connectivity index (χ4v) is 39.4. The summed E-state index contributed by atoms with van der Waals surface area (Å²) in [5.41, 5.74) is 2.13. The van der Waals surface area contributed by atoms with Gasteiger partial charge in [0.05, 0.1) is 0 Å². The second-order valence-electron chi connectivity index (χ2n) is 30.6. The molecule has 610 valence electrons. The average Bonchev–Trinajstić information content (AvgIpc) is 1.49. The molecule has 0 amide bonds. The molecule has 22 aromatic rings. The van der Waals surface area contributed by atoms with E-state index in [0.717, 1.165) is 49.7 Å². The van der Waals surface area contributed by atoms with E-state index < -0.39 is 40.3 Å². The molecule has 0 saturated carbocycles. The van der Waals surface area contributed by atoms with Crippen LogP contribution in [0.15, 0.2) is 473 Å². The molecule has 0 unspecified atom stereocenters. The molecule has 0 saturated heterocycles. The predicted molar refractivity (Wildman–Crippen MR) is 569 cm³/mol. The summed E-state index contributed by atoms with van der Waals surface area (Å²) in [6, 6.07) is 175. The van der Waals surface area contributed by atoms with Gasteiger partial charge in [-0.1, -0.05) is 84.9 Å². The molecule has 0 atom stereocenters. The first kappa shape index (κ1) is 86.4. The summed E-state index contributed by atoms with van der Waals surface area (Å²) >= 11 is 11.4. The number of pyridine rings is 2. The summed E-state index contributed by atoms with van der Waals surface area (Å²) < 4.78 is 4.87. The van der Waals surface area contributed by atoms with Gasteiger partial charge in [-0.15, -0.1) is 0 Å². The summed E-state index contributed by atoms with van der Waals surface area (Å²) in [5.74, 6) is 0. The maximum atomic E-state index is 5.63. The molecule has 0 aliphatic rings. The fraction of sp³-hybridized carbons (Fsp3) is 0. The van der Waals surface area contributed by atoms with Crippen LogP contribution in [0.3, 0.4) is 0 Å². The fourth-order valence-electron chi connectivity index (χ4n) is 17.7. The number of nitrogens with zero attached hydrogens (tertiary/aromatic N) is 4. The van der Waals surface area contributed by atoms with Crippen LogP contribution in [-0.4, -0.2) is 69.5 Å². The Hall–Kier alpha value is -10.3. The second-order valence-corrected chi connectivity index (χ2v) is 55.9. The molecule has 126 heavy (non-hydrogen) atoms. The molecular formula is C110H84N4OP6S2Se3. The van der Waals surface area contributed by atoms with Crippen LogP contribution in [0.4, 0.5) is 0 Å². The molecule has 5 nitrogen and oxygen atoms in total. The minimum absolute atomic E-state index is 0. The molecule has 4 aromatic heterocycles. The van der Waals surface area contributed by atoms with Gasteiger partial charge in [-0.25, -0.2) is 0 Å². The Kier molecular flexibility index (Phi) is 25.8. The molecule has 0 radical (unpaired) electrons. The molecule has 18 aromatic carbocycles. The number of rotatable bonds is 18. The van der Waals surface area contributed by atoms with E-state index in [1.54, 1.807) is 0 Å². The summed E-state index contributed by atoms with van der Waals surface area (Å²) in [6.07, 6.45) is 0. The summed E-state index contributed by atoms with van der Waals surface area (Å²) in [6.45, 7) is 0. The van der Waals surface area contributed by atoms with Crippen molar-refractivity contribution in [3.8, 4) is 0 Å². The Morgan fingerprint density at radius 3 is 0.675 bits per heavy atom. The van der Waals surface area contributed by atoms with Crippen LogP contribution in [0.2, 0.25) is 0 Å². The van der Waals surface area contributed by atoms with Crippen molar-refractivity contribution in [1.29, 1.82) is 0 Å². The molecule has 0 aliphatic heterocycles. The van der Waals surface area contributed by atoms with Crippen LogP contribution in [-0.2, 0) is 0 Å². The van der Waals surface area contributed by atoms with Crippen molar-refractivity contribution >= 4 is 285 Å². The molecule has 0 bridgehead atoms. The van der Waals surface area contributed by atoms with E-state index in [0.29, 0.717) is 0 Å². The second kappa shape index (κ2) is 37.6. The average molecular weight is 1960 g/mol. The first-order valence-corrected chi connectivity index (χ1v) is 57.2. The van der Waals surface area contributed by atoms with Gasteiger partial charge in [-0.05, 0) is 0 Å². The Morgan fingerprint density at radius 2 is 0.397 bits per heavy atom. The van der Waals surface area contributed by atoms with Gasteiger partial charge in [-0.3, -0.25) is 0 Å². The van der Waals surface area contributed by atoms with Gasteiger partial charge in [0.15, 0.2) is 0 Å². The van der Waals surface area contributed by atoms with Gasteiger partial charge >= 0.3 is 665 Å². The van der Waals surface area contributed by atoms with Gasteiger partial charge in [0.2, 0.25) is 0 Å². The van der Waals surface area contributed by atoms with Gasteiger partial charge in [0.25, 0.3) is 0 Å². The maximum absolute atomic E-state index is 5.63. The van der Waals surface area contributed by atoms with Crippen LogP contribution in [0, 0.1) is 0 Å². The first-order valence-electron chi connectivity index (χ1n) is 41.2. The van der Waals surface area contributed by atoms with E-state index >= 15 is 0 Å². The van der Waals surface area contributed by atoms with Crippen molar-refractivity contribution in [1.82, 2.24) is 18.8 Å². The van der Waals surface area contributed by atoms with E-state index in [4.69, 9.17) is 9.97 Å². The SMILES string of the molecule is O.S.S.[Se]=P(c1ccccc1)(c1ccccc1)c1ccc2c(c1)c1ccc(P(c3ccccc3)c3ccccc3)cc1n1c3ccc(P(c4ccccc4)c4ccccc4)cc3nc21.[Se]=P(c1ccccc1)(c1ccccc1)c1ccc2c(c1)nc1c3ccc(P(=[Se])(c4ccccc4)c4ccccc4)cc3c3ccc(P(c4ccccc4)c4ccccc4)cc3n21. The van der Waals surface area contributed by atoms with E-state index in [2.05, 4.69) is 527 Å². The molecule has 16 heteroatoms. The monoisotopic (exact) mass is 1970 g/mol. The van der Waals surface area contributed by atoms with Crippen molar-refractivity contribution in [3.63, 3.8) is 0 Å². The Labute approximate surface area is 774 Å². The standard InChI is InChI=1S/C55H39N2P3Se2.C55H39N2P3Se.H2O.2H2S/c61-59(43-23-11-3-12-24-43,44-25-13-4-14-26-44)47-32-35-50-51(38-47)49-34-31-42(58(40-19-7-1-8-20-40)41-21-9-2-10-22-41)37-54(49)57-53-36-33-48(39-52(53)56-55(50)57)60(62,45-27-15-5-16-28-45)46-29-17-6-18-30-46;61-60(46-27-15-5-16-28-46,47-29-17-6-18-30-47)48-33-35-50-51(39-48)49-34-31-45(59(42-23-11-3-12-24-42)43-25-13-4-14-26-43)38-54(49)57-53-36-32-44(37-52(53)56-55(50)57)58(40-19-7-1-8-20-40)41-21-9-2-10-22-41;;;/h1-39H;1-39H;3*1H2.